The molecule has 0 heterocycles. The Morgan fingerprint density at radius 1 is 1.35 bits per heavy atom. The number of rotatable bonds is 4. The Bertz CT molecular complexity index is 372. The molecule has 0 unspecified atom stereocenters. The van der Waals surface area contributed by atoms with Gasteiger partial charge in [-0.15, -0.1) is 0 Å². The summed E-state index contributed by atoms with van der Waals surface area (Å²) in [5.74, 6) is 1.69. The van der Waals surface area contributed by atoms with Crippen molar-refractivity contribution in [1.29, 1.82) is 0 Å². The molecule has 3 heteroatoms. The topological polar surface area (TPSA) is 38.5 Å². The van der Waals surface area contributed by atoms with Crippen molar-refractivity contribution in [2.75, 3.05) is 31.3 Å². The van der Waals surface area contributed by atoms with Crippen LogP contribution >= 0.6 is 0 Å². The molecule has 0 aliphatic heterocycles. The van der Waals surface area contributed by atoms with Crippen LogP contribution < -0.4 is 15.4 Å². The van der Waals surface area contributed by atoms with Crippen molar-refractivity contribution in [3.8, 4) is 5.75 Å². The van der Waals surface area contributed by atoms with E-state index in [-0.39, 0.29) is 0 Å². The van der Waals surface area contributed by atoms with E-state index in [2.05, 4.69) is 11.9 Å². The third kappa shape index (κ3) is 2.84. The second-order valence-corrected chi connectivity index (χ2v) is 4.96. The Labute approximate surface area is 104 Å². The third-order valence-electron chi connectivity index (χ3n) is 3.66. The first-order valence-corrected chi connectivity index (χ1v) is 6.35. The van der Waals surface area contributed by atoms with Gasteiger partial charge in [0.25, 0.3) is 0 Å². The van der Waals surface area contributed by atoms with Crippen LogP contribution in [-0.4, -0.2) is 20.7 Å². The predicted octanol–water partition coefficient (Wildman–Crippen LogP) is 2.90. The van der Waals surface area contributed by atoms with Gasteiger partial charge in [0.05, 0.1) is 18.5 Å². The molecule has 17 heavy (non-hydrogen) atoms. The molecule has 1 saturated carbocycles. The highest BCUT2D eigenvalue weighted by Crippen LogP contribution is 2.31. The van der Waals surface area contributed by atoms with Crippen molar-refractivity contribution >= 4 is 11.4 Å². The number of ether oxygens (including phenoxy) is 1. The van der Waals surface area contributed by atoms with E-state index >= 15 is 0 Å². The number of nitrogens with zero attached hydrogens (tertiary/aromatic N) is 1. The molecule has 1 aliphatic rings. The minimum absolute atomic E-state index is 0.825. The van der Waals surface area contributed by atoms with Crippen LogP contribution in [0.4, 0.5) is 11.4 Å². The van der Waals surface area contributed by atoms with Gasteiger partial charge in [0.1, 0.15) is 5.75 Å². The average molecular weight is 234 g/mol. The van der Waals surface area contributed by atoms with Crippen molar-refractivity contribution in [2.45, 2.75) is 25.7 Å². The third-order valence-corrected chi connectivity index (χ3v) is 3.66. The van der Waals surface area contributed by atoms with Crippen LogP contribution in [0.15, 0.2) is 18.2 Å². The molecule has 1 fully saturated rings. The Morgan fingerprint density at radius 2 is 2.06 bits per heavy atom. The maximum atomic E-state index is 6.02. The van der Waals surface area contributed by atoms with E-state index in [4.69, 9.17) is 10.5 Å². The van der Waals surface area contributed by atoms with Crippen LogP contribution in [0.25, 0.3) is 0 Å². The van der Waals surface area contributed by atoms with Gasteiger partial charge < -0.3 is 15.4 Å². The molecule has 2 N–H and O–H groups in total. The lowest BCUT2D eigenvalue weighted by Crippen LogP contribution is -2.24. The van der Waals surface area contributed by atoms with Gasteiger partial charge in [0, 0.05) is 19.7 Å². The highest BCUT2D eigenvalue weighted by atomic mass is 16.5. The molecule has 0 atom stereocenters. The first-order chi connectivity index (χ1) is 8.20. The fourth-order valence-corrected chi connectivity index (χ4v) is 2.66. The number of benzene rings is 1. The summed E-state index contributed by atoms with van der Waals surface area (Å²) in [6.45, 7) is 1.09. The fraction of sp³-hybridized carbons (Fsp3) is 0.571. The zero-order chi connectivity index (χ0) is 12.3. The van der Waals surface area contributed by atoms with Crippen molar-refractivity contribution in [3.63, 3.8) is 0 Å². The smallest absolute Gasteiger partial charge is 0.121 e. The highest BCUT2D eigenvalue weighted by molar-refractivity contribution is 5.69. The average Bonchev–Trinajstić information content (AvgIpc) is 2.82. The molecular formula is C14H22N2O. The molecule has 2 rings (SSSR count). The predicted molar refractivity (Wildman–Crippen MR) is 72.6 cm³/mol. The van der Waals surface area contributed by atoms with E-state index < -0.39 is 0 Å². The lowest BCUT2D eigenvalue weighted by molar-refractivity contribution is 0.415. The minimum atomic E-state index is 0.825. The van der Waals surface area contributed by atoms with E-state index in [1.807, 2.05) is 18.2 Å². The molecule has 0 spiro atoms. The van der Waals surface area contributed by atoms with Crippen LogP contribution in [0.2, 0.25) is 0 Å². The minimum Gasteiger partial charge on any atom is -0.497 e. The lowest BCUT2D eigenvalue weighted by Gasteiger charge is -2.24. The van der Waals surface area contributed by atoms with Gasteiger partial charge in [-0.3, -0.25) is 0 Å². The van der Waals surface area contributed by atoms with Gasteiger partial charge in [-0.2, -0.15) is 0 Å². The largest absolute Gasteiger partial charge is 0.497 e. The van der Waals surface area contributed by atoms with Gasteiger partial charge in [0.15, 0.2) is 0 Å². The SMILES string of the molecule is COc1ccc(N)c(N(C)CC2CCCC2)c1. The van der Waals surface area contributed by atoms with Crippen molar-refractivity contribution in [1.82, 2.24) is 0 Å². The maximum Gasteiger partial charge on any atom is 0.121 e. The molecule has 3 nitrogen and oxygen atoms in total. The van der Waals surface area contributed by atoms with E-state index in [0.29, 0.717) is 0 Å². The summed E-state index contributed by atoms with van der Waals surface area (Å²) in [4.78, 5) is 2.26. The number of hydrogen-bond donors (Lipinski definition) is 1. The number of anilines is 2. The summed E-state index contributed by atoms with van der Waals surface area (Å²) in [5.41, 5.74) is 7.93. The number of methoxy groups -OCH3 is 1. The van der Waals surface area contributed by atoms with E-state index in [1.54, 1.807) is 7.11 Å². The van der Waals surface area contributed by atoms with E-state index in [9.17, 15) is 0 Å². The Balaban J connectivity index is 2.08. The first kappa shape index (κ1) is 12.1. The Hall–Kier alpha value is -1.38. The van der Waals surface area contributed by atoms with Crippen LogP contribution in [0.1, 0.15) is 25.7 Å². The van der Waals surface area contributed by atoms with Crippen LogP contribution in [0.3, 0.4) is 0 Å². The monoisotopic (exact) mass is 234 g/mol. The highest BCUT2D eigenvalue weighted by Gasteiger charge is 2.18. The second kappa shape index (κ2) is 5.30. The van der Waals surface area contributed by atoms with Gasteiger partial charge in [-0.05, 0) is 30.9 Å². The van der Waals surface area contributed by atoms with Crippen molar-refractivity contribution in [3.05, 3.63) is 18.2 Å². The van der Waals surface area contributed by atoms with Crippen LogP contribution in [0.5, 0.6) is 5.75 Å². The quantitative estimate of drug-likeness (QED) is 0.814. The summed E-state index contributed by atoms with van der Waals surface area (Å²) in [6.07, 6.45) is 5.47. The Kier molecular flexibility index (Phi) is 3.77. The molecule has 0 saturated heterocycles. The van der Waals surface area contributed by atoms with Crippen molar-refractivity contribution < 1.29 is 4.74 Å². The van der Waals surface area contributed by atoms with E-state index in [1.165, 1.54) is 25.7 Å². The zero-order valence-corrected chi connectivity index (χ0v) is 10.8. The summed E-state index contributed by atoms with van der Waals surface area (Å²) in [7, 11) is 3.80. The fourth-order valence-electron chi connectivity index (χ4n) is 2.66. The molecular weight excluding hydrogens is 212 g/mol. The summed E-state index contributed by atoms with van der Waals surface area (Å²) in [6, 6.07) is 5.84. The number of nitrogen functional groups attached to an aromatic ring is 1. The molecule has 0 amide bonds. The van der Waals surface area contributed by atoms with Gasteiger partial charge in [-0.1, -0.05) is 12.8 Å². The van der Waals surface area contributed by atoms with Gasteiger partial charge in [0.2, 0.25) is 0 Å². The summed E-state index contributed by atoms with van der Waals surface area (Å²) < 4.78 is 5.25. The standard InChI is InChI=1S/C14H22N2O/c1-16(10-11-5-3-4-6-11)14-9-12(17-2)7-8-13(14)15/h7-9,11H,3-6,10,15H2,1-2H3. The number of hydrogen-bond acceptors (Lipinski definition) is 3. The lowest BCUT2D eigenvalue weighted by atomic mass is 10.1. The van der Waals surface area contributed by atoms with Crippen LogP contribution in [-0.2, 0) is 0 Å². The summed E-state index contributed by atoms with van der Waals surface area (Å²) >= 11 is 0. The first-order valence-electron chi connectivity index (χ1n) is 6.35. The van der Waals surface area contributed by atoms with E-state index in [0.717, 1.165) is 29.6 Å². The molecule has 1 aliphatic carbocycles. The second-order valence-electron chi connectivity index (χ2n) is 4.96. The molecule has 94 valence electrons. The molecule has 1 aromatic rings. The molecule has 0 radical (unpaired) electrons. The van der Waals surface area contributed by atoms with Gasteiger partial charge in [-0.25, -0.2) is 0 Å². The normalized spacial score (nSPS) is 16.1. The maximum absolute atomic E-state index is 6.02. The number of nitrogens with two attached hydrogens (primary N) is 1. The molecule has 1 aromatic carbocycles. The summed E-state index contributed by atoms with van der Waals surface area (Å²) in [5, 5.41) is 0. The van der Waals surface area contributed by atoms with Crippen molar-refractivity contribution in [2.24, 2.45) is 5.92 Å². The Morgan fingerprint density at radius 3 is 2.71 bits per heavy atom. The van der Waals surface area contributed by atoms with Gasteiger partial charge >= 0.3 is 0 Å². The zero-order valence-electron chi connectivity index (χ0n) is 10.8. The van der Waals surface area contributed by atoms with Crippen LogP contribution in [0, 0.1) is 5.92 Å². The molecule has 0 bridgehead atoms. The molecule has 0 aromatic heterocycles.